The summed E-state index contributed by atoms with van der Waals surface area (Å²) in [5.41, 5.74) is 2.07. The maximum absolute atomic E-state index is 17.3. The van der Waals surface area contributed by atoms with Gasteiger partial charge in [0.15, 0.2) is 5.82 Å². The Morgan fingerprint density at radius 1 is 1.15 bits per heavy atom. The van der Waals surface area contributed by atoms with Gasteiger partial charge >= 0.3 is 6.01 Å². The van der Waals surface area contributed by atoms with Gasteiger partial charge in [-0.3, -0.25) is 4.90 Å². The second-order valence-electron chi connectivity index (χ2n) is 14.1. The SMILES string of the molecule is CCc1cc2c(N(C)C(CCC(C)C)C(C)C)nc(OC(C)C3CC(OC)CN3C)nc2c(F)c1-c1ccc(F)c2sc(C)c(C#N)c12. The largest absolute Gasteiger partial charge is 0.459 e. The van der Waals surface area contributed by atoms with E-state index in [0.717, 1.165) is 31.4 Å². The third kappa shape index (κ3) is 6.74. The molecule has 1 fully saturated rings. The van der Waals surface area contributed by atoms with Crippen molar-refractivity contribution >= 4 is 38.1 Å². The second-order valence-corrected chi connectivity index (χ2v) is 15.3. The molecule has 7 nitrogen and oxygen atoms in total. The minimum absolute atomic E-state index is 0.0755. The van der Waals surface area contributed by atoms with Crippen molar-refractivity contribution in [1.82, 2.24) is 14.9 Å². The summed E-state index contributed by atoms with van der Waals surface area (Å²) in [5.74, 6) is 0.521. The minimum Gasteiger partial charge on any atom is -0.459 e. The smallest absolute Gasteiger partial charge is 0.319 e. The highest BCUT2D eigenvalue weighted by Gasteiger charge is 2.35. The average Bonchev–Trinajstić information content (AvgIpc) is 3.60. The first-order valence-corrected chi connectivity index (χ1v) is 17.9. The topological polar surface area (TPSA) is 74.5 Å². The van der Waals surface area contributed by atoms with Crippen molar-refractivity contribution in [3.05, 3.63) is 45.8 Å². The molecular formula is C38H49F2N5O2S. The fourth-order valence-corrected chi connectivity index (χ4v) is 8.38. The van der Waals surface area contributed by atoms with Crippen LogP contribution in [0, 0.1) is 41.7 Å². The van der Waals surface area contributed by atoms with Gasteiger partial charge in [-0.2, -0.15) is 15.2 Å². The molecule has 1 saturated heterocycles. The fourth-order valence-electron chi connectivity index (χ4n) is 7.34. The molecule has 10 heteroatoms. The maximum Gasteiger partial charge on any atom is 0.319 e. The van der Waals surface area contributed by atoms with Crippen LogP contribution in [0.4, 0.5) is 14.6 Å². The van der Waals surface area contributed by atoms with E-state index in [0.29, 0.717) is 61.1 Å². The lowest BCUT2D eigenvalue weighted by atomic mass is 9.91. The van der Waals surface area contributed by atoms with Crippen molar-refractivity contribution in [2.24, 2.45) is 11.8 Å². The predicted octanol–water partition coefficient (Wildman–Crippen LogP) is 8.92. The number of ether oxygens (including phenoxy) is 2. The van der Waals surface area contributed by atoms with Gasteiger partial charge in [-0.25, -0.2) is 8.78 Å². The molecule has 0 N–H and O–H groups in total. The molecule has 0 saturated carbocycles. The number of halogens is 2. The Kier molecular flexibility index (Phi) is 10.9. The number of methoxy groups -OCH3 is 1. The van der Waals surface area contributed by atoms with Crippen LogP contribution < -0.4 is 9.64 Å². The standard InChI is InChI=1S/C38H49F2N5O2S/c1-11-24-16-27-35(34(40)32(24)26-13-14-29(39)36-33(26)28(18-41)23(7)48-36)42-38(47-22(6)31-17-25(46-10)19-44(31)8)43-37(27)45(9)30(21(4)5)15-12-20(2)3/h13-14,16,20-22,25,30-31H,11-12,15,17,19H2,1-10H3. The van der Waals surface area contributed by atoms with Gasteiger partial charge < -0.3 is 14.4 Å². The van der Waals surface area contributed by atoms with Crippen LogP contribution in [0.15, 0.2) is 18.2 Å². The zero-order chi connectivity index (χ0) is 35.0. The van der Waals surface area contributed by atoms with E-state index in [2.05, 4.69) is 50.6 Å². The van der Waals surface area contributed by atoms with E-state index in [1.54, 1.807) is 20.1 Å². The average molecular weight is 678 g/mol. The first kappa shape index (κ1) is 35.9. The van der Waals surface area contributed by atoms with E-state index in [9.17, 15) is 5.26 Å². The van der Waals surface area contributed by atoms with Crippen LogP contribution in [0.2, 0.25) is 0 Å². The first-order valence-electron chi connectivity index (χ1n) is 17.1. The summed E-state index contributed by atoms with van der Waals surface area (Å²) in [6.45, 7) is 15.4. The molecule has 5 rings (SSSR count). The molecule has 0 aliphatic carbocycles. The Morgan fingerprint density at radius 3 is 2.48 bits per heavy atom. The molecule has 1 aliphatic rings. The number of likely N-dealkylation sites (tertiary alicyclic amines) is 1. The van der Waals surface area contributed by atoms with Crippen molar-refractivity contribution in [1.29, 1.82) is 5.26 Å². The van der Waals surface area contributed by atoms with E-state index >= 15 is 8.78 Å². The van der Waals surface area contributed by atoms with Crippen molar-refractivity contribution < 1.29 is 18.3 Å². The number of fused-ring (bicyclic) bond motifs is 2. The number of nitriles is 1. The number of aryl methyl sites for hydroxylation is 2. The molecule has 0 radical (unpaired) electrons. The van der Waals surface area contributed by atoms with Gasteiger partial charge in [0.05, 0.1) is 16.4 Å². The third-order valence-electron chi connectivity index (χ3n) is 10.1. The fraction of sp³-hybridized carbons (Fsp3) is 0.553. The lowest BCUT2D eigenvalue weighted by Crippen LogP contribution is -2.39. The normalized spacial score (nSPS) is 18.3. The van der Waals surface area contributed by atoms with Gasteiger partial charge in [0.2, 0.25) is 0 Å². The summed E-state index contributed by atoms with van der Waals surface area (Å²) in [5, 5.41) is 11.1. The molecule has 48 heavy (non-hydrogen) atoms. The van der Waals surface area contributed by atoms with Crippen molar-refractivity contribution in [3.63, 3.8) is 0 Å². The summed E-state index contributed by atoms with van der Waals surface area (Å²) in [4.78, 5) is 14.8. The number of benzene rings is 2. The number of rotatable bonds is 12. The lowest BCUT2D eigenvalue weighted by molar-refractivity contribution is 0.106. The second kappa shape index (κ2) is 14.6. The van der Waals surface area contributed by atoms with Crippen LogP contribution in [-0.2, 0) is 11.2 Å². The Labute approximate surface area is 287 Å². The van der Waals surface area contributed by atoms with Crippen LogP contribution in [-0.4, -0.2) is 66.9 Å². The van der Waals surface area contributed by atoms with Gasteiger partial charge in [-0.05, 0) is 81.7 Å². The van der Waals surface area contributed by atoms with Crippen LogP contribution in [0.3, 0.4) is 0 Å². The molecule has 4 unspecified atom stereocenters. The molecule has 2 aromatic heterocycles. The Balaban J connectivity index is 1.74. The molecule has 0 amide bonds. The van der Waals surface area contributed by atoms with E-state index in [1.165, 1.54) is 17.4 Å². The van der Waals surface area contributed by atoms with Gasteiger partial charge in [0.25, 0.3) is 0 Å². The summed E-state index contributed by atoms with van der Waals surface area (Å²) >= 11 is 1.22. The summed E-state index contributed by atoms with van der Waals surface area (Å²) < 4.78 is 44.9. The third-order valence-corrected chi connectivity index (χ3v) is 11.2. The van der Waals surface area contributed by atoms with Crippen molar-refractivity contribution in [2.75, 3.05) is 32.6 Å². The summed E-state index contributed by atoms with van der Waals surface area (Å²) in [6.07, 6.45) is 3.15. The molecule has 3 heterocycles. The minimum atomic E-state index is -0.528. The quantitative estimate of drug-likeness (QED) is 0.148. The molecule has 0 bridgehead atoms. The van der Waals surface area contributed by atoms with E-state index < -0.39 is 11.6 Å². The van der Waals surface area contributed by atoms with Crippen LogP contribution in [0.25, 0.3) is 32.1 Å². The van der Waals surface area contributed by atoms with Crippen molar-refractivity contribution in [3.8, 4) is 23.2 Å². The Hall–Kier alpha value is -3.39. The Morgan fingerprint density at radius 2 is 1.88 bits per heavy atom. The lowest BCUT2D eigenvalue weighted by Gasteiger charge is -2.34. The molecule has 0 spiro atoms. The molecule has 2 aromatic carbocycles. The highest BCUT2D eigenvalue weighted by Crippen LogP contribution is 2.44. The first-order chi connectivity index (χ1) is 22.8. The number of anilines is 1. The molecule has 1 aliphatic heterocycles. The van der Waals surface area contributed by atoms with E-state index in [4.69, 9.17) is 19.4 Å². The van der Waals surface area contributed by atoms with Gasteiger partial charge in [0, 0.05) is 54.0 Å². The molecular weight excluding hydrogens is 629 g/mol. The summed E-state index contributed by atoms with van der Waals surface area (Å²) in [6, 6.07) is 7.50. The van der Waals surface area contributed by atoms with Gasteiger partial charge in [-0.1, -0.05) is 40.7 Å². The molecule has 258 valence electrons. The molecule has 4 atom stereocenters. The monoisotopic (exact) mass is 677 g/mol. The highest BCUT2D eigenvalue weighted by atomic mass is 32.1. The van der Waals surface area contributed by atoms with Crippen molar-refractivity contribution in [2.45, 2.75) is 98.4 Å². The van der Waals surface area contributed by atoms with E-state index in [1.807, 2.05) is 27.0 Å². The zero-order valence-electron chi connectivity index (χ0n) is 29.9. The summed E-state index contributed by atoms with van der Waals surface area (Å²) in [7, 11) is 5.81. The maximum atomic E-state index is 17.3. The number of likely N-dealkylation sites (N-methyl/N-ethyl adjacent to an activating group) is 1. The predicted molar refractivity (Wildman–Crippen MR) is 192 cm³/mol. The van der Waals surface area contributed by atoms with Crippen LogP contribution in [0.5, 0.6) is 6.01 Å². The van der Waals surface area contributed by atoms with Gasteiger partial charge in [-0.15, -0.1) is 11.3 Å². The zero-order valence-corrected chi connectivity index (χ0v) is 30.8. The highest BCUT2D eigenvalue weighted by molar-refractivity contribution is 7.19. The molecule has 4 aromatic rings. The van der Waals surface area contributed by atoms with Crippen LogP contribution in [0.1, 0.15) is 76.8 Å². The van der Waals surface area contributed by atoms with Gasteiger partial charge in [0.1, 0.15) is 29.3 Å². The number of aromatic nitrogens is 2. The number of nitrogens with zero attached hydrogens (tertiary/aromatic N) is 5. The van der Waals surface area contributed by atoms with E-state index in [-0.39, 0.29) is 35.8 Å². The number of hydrogen-bond donors (Lipinski definition) is 0. The number of hydrogen-bond acceptors (Lipinski definition) is 8. The Bertz CT molecular complexity index is 1830. The van der Waals surface area contributed by atoms with Crippen LogP contribution >= 0.6 is 11.3 Å². The number of thiophene rings is 1.